The number of pyridine rings is 1. The van der Waals surface area contributed by atoms with Crippen LogP contribution in [-0.2, 0) is 16.1 Å². The van der Waals surface area contributed by atoms with E-state index in [2.05, 4.69) is 4.98 Å². The van der Waals surface area contributed by atoms with Crippen LogP contribution in [0.4, 0.5) is 0 Å². The minimum atomic E-state index is -0.284. The van der Waals surface area contributed by atoms with Crippen molar-refractivity contribution in [1.29, 1.82) is 0 Å². The highest BCUT2D eigenvalue weighted by Gasteiger charge is 2.33. The normalized spacial score (nSPS) is 19.6. The van der Waals surface area contributed by atoms with E-state index in [1.807, 2.05) is 36.4 Å². The molecule has 1 aliphatic heterocycles. The molecule has 0 spiro atoms. The standard InChI is InChI=1S/C24H25N3O4/c28-23-15-27(24(29)22-10-19-5-1-2-6-21(19)31-22)14-20(30-16-17-7-8-17)13-26(23)12-18-4-3-9-25-11-18/h1-6,9-11,17,20H,7-8,12-16H2/t20-/m1/s1. The van der Waals surface area contributed by atoms with Gasteiger partial charge in [-0.25, -0.2) is 0 Å². The Morgan fingerprint density at radius 2 is 2.03 bits per heavy atom. The Balaban J connectivity index is 1.36. The Kier molecular flexibility index (Phi) is 5.42. The maximum Gasteiger partial charge on any atom is 0.290 e. The molecule has 1 saturated carbocycles. The SMILES string of the molecule is O=C1CN(C(=O)c2cc3ccccc3o2)C[C@H](OCC2CC2)CN1Cc1cccnc1. The number of carbonyl (C=O) groups is 2. The van der Waals surface area contributed by atoms with Crippen LogP contribution in [0.1, 0.15) is 29.0 Å². The summed E-state index contributed by atoms with van der Waals surface area (Å²) in [5.74, 6) is 0.458. The summed E-state index contributed by atoms with van der Waals surface area (Å²) >= 11 is 0. The van der Waals surface area contributed by atoms with E-state index in [0.29, 0.717) is 37.7 Å². The molecule has 2 aromatic heterocycles. The number of aromatic nitrogens is 1. The molecule has 1 atom stereocenters. The first-order chi connectivity index (χ1) is 15.2. The average molecular weight is 419 g/mol. The molecule has 160 valence electrons. The van der Waals surface area contributed by atoms with Crippen LogP contribution in [0.3, 0.4) is 0 Å². The van der Waals surface area contributed by atoms with Crippen LogP contribution in [0.15, 0.2) is 59.3 Å². The Hall–Kier alpha value is -3.19. The lowest BCUT2D eigenvalue weighted by atomic mass is 10.2. The van der Waals surface area contributed by atoms with Crippen molar-refractivity contribution in [2.75, 3.05) is 26.2 Å². The highest BCUT2D eigenvalue weighted by atomic mass is 16.5. The predicted molar refractivity (Wildman–Crippen MR) is 114 cm³/mol. The molecule has 0 radical (unpaired) electrons. The summed E-state index contributed by atoms with van der Waals surface area (Å²) in [5.41, 5.74) is 1.61. The number of amides is 2. The summed E-state index contributed by atoms with van der Waals surface area (Å²) in [7, 11) is 0. The lowest BCUT2D eigenvalue weighted by Gasteiger charge is -2.24. The summed E-state index contributed by atoms with van der Waals surface area (Å²) in [6.45, 7) is 1.93. The number of para-hydroxylation sites is 1. The van der Waals surface area contributed by atoms with E-state index < -0.39 is 0 Å². The first-order valence-electron chi connectivity index (χ1n) is 10.7. The fourth-order valence-electron chi connectivity index (χ4n) is 3.90. The van der Waals surface area contributed by atoms with Crippen molar-refractivity contribution in [3.63, 3.8) is 0 Å². The molecule has 3 aromatic rings. The zero-order valence-corrected chi connectivity index (χ0v) is 17.3. The third-order valence-corrected chi connectivity index (χ3v) is 5.81. The van der Waals surface area contributed by atoms with Crippen LogP contribution in [-0.4, -0.2) is 58.9 Å². The number of fused-ring (bicyclic) bond motifs is 1. The molecule has 1 saturated heterocycles. The molecule has 0 bridgehead atoms. The van der Waals surface area contributed by atoms with Gasteiger partial charge in [0.15, 0.2) is 5.76 Å². The van der Waals surface area contributed by atoms with E-state index in [0.717, 1.165) is 10.9 Å². The summed E-state index contributed by atoms with van der Waals surface area (Å²) in [6, 6.07) is 13.0. The monoisotopic (exact) mass is 419 g/mol. The molecule has 2 fully saturated rings. The van der Waals surface area contributed by atoms with Gasteiger partial charge >= 0.3 is 0 Å². The van der Waals surface area contributed by atoms with Crippen molar-refractivity contribution in [3.05, 3.63) is 66.2 Å². The quantitative estimate of drug-likeness (QED) is 0.614. The van der Waals surface area contributed by atoms with Gasteiger partial charge in [-0.1, -0.05) is 24.3 Å². The second-order valence-corrected chi connectivity index (χ2v) is 8.37. The molecular formula is C24H25N3O4. The predicted octanol–water partition coefficient (Wildman–Crippen LogP) is 3.11. The van der Waals surface area contributed by atoms with Crippen LogP contribution < -0.4 is 0 Å². The zero-order chi connectivity index (χ0) is 21.2. The third-order valence-electron chi connectivity index (χ3n) is 5.81. The van der Waals surface area contributed by atoms with Gasteiger partial charge in [0.1, 0.15) is 12.1 Å². The van der Waals surface area contributed by atoms with Crippen molar-refractivity contribution < 1.29 is 18.7 Å². The van der Waals surface area contributed by atoms with Gasteiger partial charge in [-0.2, -0.15) is 0 Å². The molecule has 0 unspecified atom stereocenters. The topological polar surface area (TPSA) is 75.9 Å². The third kappa shape index (κ3) is 4.61. The van der Waals surface area contributed by atoms with Crippen molar-refractivity contribution >= 4 is 22.8 Å². The highest BCUT2D eigenvalue weighted by molar-refractivity contribution is 5.98. The summed E-state index contributed by atoms with van der Waals surface area (Å²) < 4.78 is 11.9. The smallest absolute Gasteiger partial charge is 0.290 e. The van der Waals surface area contributed by atoms with E-state index >= 15 is 0 Å². The number of ether oxygens (including phenoxy) is 1. The lowest BCUT2D eigenvalue weighted by Crippen LogP contribution is -2.39. The molecule has 7 heteroatoms. The maximum atomic E-state index is 13.2. The van der Waals surface area contributed by atoms with E-state index in [-0.39, 0.29) is 30.2 Å². The summed E-state index contributed by atoms with van der Waals surface area (Å²) in [6.07, 6.45) is 5.61. The van der Waals surface area contributed by atoms with Gasteiger partial charge in [0.2, 0.25) is 5.91 Å². The Bertz CT molecular complexity index is 1040. The second kappa shape index (κ2) is 8.51. The van der Waals surface area contributed by atoms with Gasteiger partial charge in [-0.3, -0.25) is 14.6 Å². The fraction of sp³-hybridized carbons (Fsp3) is 0.375. The van der Waals surface area contributed by atoms with Gasteiger partial charge in [-0.05, 0) is 42.5 Å². The molecule has 2 amide bonds. The minimum absolute atomic E-state index is 0.000566. The van der Waals surface area contributed by atoms with Gasteiger partial charge in [0, 0.05) is 44.0 Å². The second-order valence-electron chi connectivity index (χ2n) is 8.37. The molecular weight excluding hydrogens is 394 g/mol. The maximum absolute atomic E-state index is 13.2. The molecule has 31 heavy (non-hydrogen) atoms. The van der Waals surface area contributed by atoms with Crippen molar-refractivity contribution in [2.24, 2.45) is 5.92 Å². The number of benzene rings is 1. The van der Waals surface area contributed by atoms with E-state index in [4.69, 9.17) is 9.15 Å². The number of hydrogen-bond acceptors (Lipinski definition) is 5. The van der Waals surface area contributed by atoms with Gasteiger partial charge in [-0.15, -0.1) is 0 Å². The molecule has 0 N–H and O–H groups in total. The number of hydrogen-bond donors (Lipinski definition) is 0. The first-order valence-corrected chi connectivity index (χ1v) is 10.7. The molecule has 1 aromatic carbocycles. The van der Waals surface area contributed by atoms with E-state index in [1.165, 1.54) is 12.8 Å². The van der Waals surface area contributed by atoms with Crippen LogP contribution in [0.5, 0.6) is 0 Å². The van der Waals surface area contributed by atoms with Crippen LogP contribution in [0.25, 0.3) is 11.0 Å². The summed E-state index contributed by atoms with van der Waals surface area (Å²) in [5, 5.41) is 0.867. The molecule has 5 rings (SSSR count). The van der Waals surface area contributed by atoms with Crippen LogP contribution >= 0.6 is 0 Å². The minimum Gasteiger partial charge on any atom is -0.451 e. The number of carbonyl (C=O) groups excluding carboxylic acids is 2. The number of nitrogens with zero attached hydrogens (tertiary/aromatic N) is 3. The molecule has 2 aliphatic rings. The summed E-state index contributed by atoms with van der Waals surface area (Å²) in [4.78, 5) is 33.7. The largest absolute Gasteiger partial charge is 0.451 e. The highest BCUT2D eigenvalue weighted by Crippen LogP contribution is 2.29. The molecule has 1 aliphatic carbocycles. The molecule has 7 nitrogen and oxygen atoms in total. The lowest BCUT2D eigenvalue weighted by molar-refractivity contribution is -0.132. The average Bonchev–Trinajstić information content (AvgIpc) is 3.54. The first kappa shape index (κ1) is 19.8. The molecule has 3 heterocycles. The van der Waals surface area contributed by atoms with Crippen LogP contribution in [0, 0.1) is 5.92 Å². The van der Waals surface area contributed by atoms with Crippen molar-refractivity contribution in [3.8, 4) is 0 Å². The van der Waals surface area contributed by atoms with Crippen molar-refractivity contribution in [1.82, 2.24) is 14.8 Å². The number of furan rings is 1. The van der Waals surface area contributed by atoms with Crippen molar-refractivity contribution in [2.45, 2.75) is 25.5 Å². The van der Waals surface area contributed by atoms with Gasteiger partial charge in [0.25, 0.3) is 5.91 Å². The Labute approximate surface area is 180 Å². The van der Waals surface area contributed by atoms with E-state index in [1.54, 1.807) is 28.3 Å². The Morgan fingerprint density at radius 1 is 1.16 bits per heavy atom. The Morgan fingerprint density at radius 3 is 2.81 bits per heavy atom. The fourth-order valence-corrected chi connectivity index (χ4v) is 3.90. The van der Waals surface area contributed by atoms with Gasteiger partial charge < -0.3 is 19.0 Å². The number of rotatable bonds is 6. The van der Waals surface area contributed by atoms with E-state index in [9.17, 15) is 9.59 Å². The zero-order valence-electron chi connectivity index (χ0n) is 17.3. The van der Waals surface area contributed by atoms with Crippen LogP contribution in [0.2, 0.25) is 0 Å². The van der Waals surface area contributed by atoms with Gasteiger partial charge in [0.05, 0.1) is 6.10 Å².